The van der Waals surface area contributed by atoms with Crippen molar-refractivity contribution in [3.63, 3.8) is 0 Å². The minimum absolute atomic E-state index is 0.196. The first-order valence-corrected chi connectivity index (χ1v) is 15.1. The highest BCUT2D eigenvalue weighted by molar-refractivity contribution is 6.06. The Bertz CT molecular complexity index is 1350. The average Bonchev–Trinajstić information content (AvgIpc) is 2.97. The molecule has 2 amide bonds. The Morgan fingerprint density at radius 2 is 1.83 bits per heavy atom. The van der Waals surface area contributed by atoms with Crippen molar-refractivity contribution in [2.24, 2.45) is 16.6 Å². The second kappa shape index (κ2) is 13.3. The zero-order valence-corrected chi connectivity index (χ0v) is 25.4. The van der Waals surface area contributed by atoms with Gasteiger partial charge >= 0.3 is 0 Å². The molecule has 5 rings (SSSR count). The summed E-state index contributed by atoms with van der Waals surface area (Å²) in [6.07, 6.45) is 7.86. The van der Waals surface area contributed by atoms with E-state index in [2.05, 4.69) is 45.4 Å². The Labute approximate surface area is 249 Å². The second-order valence-electron chi connectivity index (χ2n) is 12.0. The normalized spacial score (nSPS) is 23.3. The lowest BCUT2D eigenvalue weighted by Gasteiger charge is -2.36. The van der Waals surface area contributed by atoms with Crippen LogP contribution in [-0.2, 0) is 16.1 Å². The molecule has 3 heterocycles. The largest absolute Gasteiger partial charge is 0.379 e. The van der Waals surface area contributed by atoms with Crippen LogP contribution >= 0.6 is 0 Å². The smallest absolute Gasteiger partial charge is 0.254 e. The van der Waals surface area contributed by atoms with Gasteiger partial charge in [-0.05, 0) is 81.9 Å². The Hall–Kier alpha value is -3.40. The van der Waals surface area contributed by atoms with Crippen molar-refractivity contribution in [3.05, 3.63) is 58.9 Å². The van der Waals surface area contributed by atoms with E-state index < -0.39 is 5.92 Å². The van der Waals surface area contributed by atoms with Crippen molar-refractivity contribution in [2.45, 2.75) is 65.1 Å². The molecule has 1 saturated heterocycles. The van der Waals surface area contributed by atoms with Gasteiger partial charge < -0.3 is 20.7 Å². The number of ether oxygens (including phenoxy) is 1. The first kappa shape index (κ1) is 30.1. The molecule has 1 saturated carbocycles. The molecule has 2 aromatic rings. The third-order valence-corrected chi connectivity index (χ3v) is 8.98. The molecule has 9 nitrogen and oxygen atoms in total. The maximum atomic E-state index is 13.7. The van der Waals surface area contributed by atoms with Crippen LogP contribution in [0.15, 0.2) is 47.1 Å². The van der Waals surface area contributed by atoms with Crippen molar-refractivity contribution in [1.82, 2.24) is 15.2 Å². The van der Waals surface area contributed by atoms with Crippen LogP contribution in [-0.4, -0.2) is 79.4 Å². The average molecular weight is 573 g/mol. The fourth-order valence-corrected chi connectivity index (χ4v) is 6.28. The minimum atomic E-state index is -0.446. The molecule has 3 aliphatic rings. The van der Waals surface area contributed by atoms with Crippen molar-refractivity contribution in [3.8, 4) is 11.1 Å². The van der Waals surface area contributed by atoms with Crippen molar-refractivity contribution in [1.29, 1.82) is 0 Å². The molecule has 0 radical (unpaired) electrons. The maximum Gasteiger partial charge on any atom is 0.254 e. The predicted molar refractivity (Wildman–Crippen MR) is 167 cm³/mol. The zero-order chi connectivity index (χ0) is 29.8. The van der Waals surface area contributed by atoms with Gasteiger partial charge in [-0.3, -0.25) is 19.5 Å². The van der Waals surface area contributed by atoms with Crippen molar-refractivity contribution >= 4 is 23.2 Å². The van der Waals surface area contributed by atoms with Gasteiger partial charge in [-0.2, -0.15) is 0 Å². The Morgan fingerprint density at radius 3 is 2.50 bits per heavy atom. The summed E-state index contributed by atoms with van der Waals surface area (Å²) in [7, 11) is 2.12. The number of carbonyl (C=O) groups excluding carboxylic acids is 2. The summed E-state index contributed by atoms with van der Waals surface area (Å²) >= 11 is 0. The van der Waals surface area contributed by atoms with Crippen LogP contribution in [0.2, 0.25) is 0 Å². The quantitative estimate of drug-likeness (QED) is 0.494. The van der Waals surface area contributed by atoms with E-state index in [9.17, 15) is 9.59 Å². The van der Waals surface area contributed by atoms with Gasteiger partial charge in [0.15, 0.2) is 0 Å². The maximum absolute atomic E-state index is 13.7. The zero-order valence-electron chi connectivity index (χ0n) is 25.4. The molecule has 0 bridgehead atoms. The first-order valence-electron chi connectivity index (χ1n) is 15.1. The molecule has 2 fully saturated rings. The molecule has 1 aliphatic carbocycles. The number of hydrogen-bond donors (Lipinski definition) is 2. The SMILES string of the molecule is CC1=CC(C)=NC(=O)C1CNC(=O)c1cc(-c2ccc(CN3CCOCC3)nc2)cc(N(C)C2CCC(N)CC2)c1C. The molecule has 1 atom stereocenters. The summed E-state index contributed by atoms with van der Waals surface area (Å²) in [6, 6.07) is 8.91. The highest BCUT2D eigenvalue weighted by Gasteiger charge is 2.27. The summed E-state index contributed by atoms with van der Waals surface area (Å²) in [4.78, 5) is 39.8. The standard InChI is InChI=1S/C33H44N6O3/c1-21-15-22(2)37-33(41)30(21)19-36-32(40)29-16-25(17-31(23(29)3)38(4)28-9-6-26(34)7-10-28)24-5-8-27(35-18-24)20-39-11-13-42-14-12-39/h5,8,15-18,26,28,30H,6-7,9-14,19-20,34H2,1-4H3,(H,36,40). The van der Waals surface area contributed by atoms with E-state index in [1.807, 2.05) is 39.1 Å². The highest BCUT2D eigenvalue weighted by Crippen LogP contribution is 2.34. The lowest BCUT2D eigenvalue weighted by molar-refractivity contribution is -0.120. The second-order valence-corrected chi connectivity index (χ2v) is 12.0. The number of nitrogens with two attached hydrogens (primary N) is 1. The van der Waals surface area contributed by atoms with E-state index in [1.54, 1.807) is 0 Å². The van der Waals surface area contributed by atoms with Crippen LogP contribution in [0.3, 0.4) is 0 Å². The van der Waals surface area contributed by atoms with Crippen LogP contribution in [0.25, 0.3) is 11.1 Å². The van der Waals surface area contributed by atoms with Crippen molar-refractivity contribution in [2.75, 3.05) is 44.8 Å². The number of carbonyl (C=O) groups is 2. The lowest BCUT2D eigenvalue weighted by atomic mass is 9.89. The van der Waals surface area contributed by atoms with Crippen LogP contribution in [0.4, 0.5) is 5.69 Å². The van der Waals surface area contributed by atoms with Crippen molar-refractivity contribution < 1.29 is 14.3 Å². The number of hydrogen-bond acceptors (Lipinski definition) is 7. The first-order chi connectivity index (χ1) is 20.2. The van der Waals surface area contributed by atoms with Gasteiger partial charge in [0.2, 0.25) is 0 Å². The number of dihydropyridines is 1. The monoisotopic (exact) mass is 572 g/mol. The number of aromatic nitrogens is 1. The molecular weight excluding hydrogens is 528 g/mol. The molecule has 1 aromatic carbocycles. The molecular formula is C33H44N6O3. The molecule has 9 heteroatoms. The number of nitrogens with zero attached hydrogens (tertiary/aromatic N) is 4. The van der Waals surface area contributed by atoms with E-state index in [0.29, 0.717) is 17.3 Å². The van der Waals surface area contributed by atoms with Gasteiger partial charge in [0.05, 0.1) is 24.8 Å². The van der Waals surface area contributed by atoms with E-state index in [0.717, 1.165) is 92.2 Å². The summed E-state index contributed by atoms with van der Waals surface area (Å²) in [5.41, 5.74) is 13.3. The molecule has 42 heavy (non-hydrogen) atoms. The number of allylic oxidation sites excluding steroid dienone is 1. The number of nitrogens with one attached hydrogen (secondary N) is 1. The van der Waals surface area contributed by atoms with Gasteiger partial charge in [0.25, 0.3) is 11.8 Å². The van der Waals surface area contributed by atoms with Crippen LogP contribution in [0, 0.1) is 12.8 Å². The van der Waals surface area contributed by atoms with Gasteiger partial charge in [-0.25, -0.2) is 4.99 Å². The Kier molecular flexibility index (Phi) is 9.50. The highest BCUT2D eigenvalue weighted by atomic mass is 16.5. The molecule has 0 spiro atoms. The van der Waals surface area contributed by atoms with E-state index >= 15 is 0 Å². The number of rotatable bonds is 8. The summed E-state index contributed by atoms with van der Waals surface area (Å²) in [5, 5.41) is 3.03. The fraction of sp³-hybridized carbons (Fsp3) is 0.515. The molecule has 1 unspecified atom stereocenters. The minimum Gasteiger partial charge on any atom is -0.379 e. The summed E-state index contributed by atoms with van der Waals surface area (Å²) < 4.78 is 5.47. The molecule has 224 valence electrons. The van der Waals surface area contributed by atoms with Gasteiger partial charge in [0, 0.05) is 74.0 Å². The topological polar surface area (TPSA) is 113 Å². The fourth-order valence-electron chi connectivity index (χ4n) is 6.28. The van der Waals surface area contributed by atoms with E-state index in [1.165, 1.54) is 0 Å². The number of amides is 2. The Morgan fingerprint density at radius 1 is 1.10 bits per heavy atom. The van der Waals surface area contributed by atoms with Crippen LogP contribution < -0.4 is 16.0 Å². The number of pyridine rings is 1. The van der Waals surface area contributed by atoms with Gasteiger partial charge in [-0.1, -0.05) is 11.6 Å². The predicted octanol–water partition coefficient (Wildman–Crippen LogP) is 3.89. The van der Waals surface area contributed by atoms with Crippen LogP contribution in [0.5, 0.6) is 0 Å². The third kappa shape index (κ3) is 6.97. The van der Waals surface area contributed by atoms with E-state index in [4.69, 9.17) is 15.5 Å². The summed E-state index contributed by atoms with van der Waals surface area (Å²) in [6.45, 7) is 10.1. The number of morpholine rings is 1. The van der Waals surface area contributed by atoms with Crippen LogP contribution in [0.1, 0.15) is 61.1 Å². The van der Waals surface area contributed by atoms with Gasteiger partial charge in [-0.15, -0.1) is 0 Å². The number of benzene rings is 1. The number of aliphatic imine (C=N–C) groups is 1. The lowest BCUT2D eigenvalue weighted by Crippen LogP contribution is -2.39. The van der Waals surface area contributed by atoms with E-state index in [-0.39, 0.29) is 24.4 Å². The molecule has 2 aliphatic heterocycles. The Balaban J connectivity index is 1.41. The molecule has 3 N–H and O–H groups in total. The summed E-state index contributed by atoms with van der Waals surface area (Å²) in [5.74, 6) is -0.853. The number of anilines is 1. The molecule has 1 aromatic heterocycles. The van der Waals surface area contributed by atoms with Gasteiger partial charge in [0.1, 0.15) is 0 Å². The third-order valence-electron chi connectivity index (χ3n) is 8.98.